The van der Waals surface area contributed by atoms with Crippen LogP contribution in [0.4, 0.5) is 0 Å². The van der Waals surface area contributed by atoms with E-state index >= 15 is 0 Å². The minimum absolute atomic E-state index is 0.0958. The van der Waals surface area contributed by atoms with E-state index in [4.69, 9.17) is 4.74 Å². The van der Waals surface area contributed by atoms with Gasteiger partial charge in [0.25, 0.3) is 0 Å². The van der Waals surface area contributed by atoms with Crippen molar-refractivity contribution in [1.82, 2.24) is 0 Å². The molecule has 136 valence electrons. The number of hydrogen-bond acceptors (Lipinski definition) is 5. The van der Waals surface area contributed by atoms with Gasteiger partial charge in [-0.25, -0.2) is 0 Å². The number of hydrogen-bond donors (Lipinski definition) is 0. The van der Waals surface area contributed by atoms with Crippen molar-refractivity contribution in [3.63, 3.8) is 0 Å². The van der Waals surface area contributed by atoms with Crippen LogP contribution in [0.25, 0.3) is 0 Å². The Bertz CT molecular complexity index is 760. The summed E-state index contributed by atoms with van der Waals surface area (Å²) in [7, 11) is 0. The van der Waals surface area contributed by atoms with Crippen molar-refractivity contribution in [3.8, 4) is 0 Å². The Morgan fingerprint density at radius 1 is 1.00 bits per heavy atom. The molecule has 0 saturated carbocycles. The summed E-state index contributed by atoms with van der Waals surface area (Å²) in [6.07, 6.45) is 0. The Kier molecular flexibility index (Phi) is 6.60. The summed E-state index contributed by atoms with van der Waals surface area (Å²) in [5, 5.41) is 12.0. The SMILES string of the molecule is CCOC(=O)C(C(C)=O)C(c1ccccc1)C(c1ccccc1)[N+](=O)[O-]. The summed E-state index contributed by atoms with van der Waals surface area (Å²) >= 11 is 0. The third-order valence-electron chi connectivity index (χ3n) is 4.23. The lowest BCUT2D eigenvalue weighted by molar-refractivity contribution is -0.534. The molecule has 0 bridgehead atoms. The third kappa shape index (κ3) is 4.33. The van der Waals surface area contributed by atoms with Crippen molar-refractivity contribution in [1.29, 1.82) is 0 Å². The number of nitro groups is 1. The van der Waals surface area contributed by atoms with E-state index in [1.165, 1.54) is 6.92 Å². The normalized spacial score (nSPS) is 14.1. The first-order valence-corrected chi connectivity index (χ1v) is 8.37. The summed E-state index contributed by atoms with van der Waals surface area (Å²) in [5.41, 5.74) is 0.980. The molecule has 0 amide bonds. The number of rotatable bonds is 8. The van der Waals surface area contributed by atoms with Gasteiger partial charge in [-0.2, -0.15) is 0 Å². The predicted octanol–water partition coefficient (Wildman–Crippen LogP) is 3.56. The number of benzene rings is 2. The molecule has 26 heavy (non-hydrogen) atoms. The van der Waals surface area contributed by atoms with E-state index < -0.39 is 34.6 Å². The maximum absolute atomic E-state index is 12.5. The molecule has 0 spiro atoms. The van der Waals surface area contributed by atoms with E-state index in [1.54, 1.807) is 67.6 Å². The fourth-order valence-electron chi connectivity index (χ4n) is 3.14. The lowest BCUT2D eigenvalue weighted by Gasteiger charge is -2.27. The van der Waals surface area contributed by atoms with Crippen LogP contribution in [0.5, 0.6) is 0 Å². The lowest BCUT2D eigenvalue weighted by Crippen LogP contribution is -2.36. The third-order valence-corrected chi connectivity index (χ3v) is 4.23. The average molecular weight is 355 g/mol. The van der Waals surface area contributed by atoms with Crippen molar-refractivity contribution >= 4 is 11.8 Å². The standard InChI is InChI=1S/C20H21NO5/c1-3-26-20(23)17(14(2)22)18(15-10-6-4-7-11-15)19(21(24)25)16-12-8-5-9-13-16/h4-13,17-19H,3H2,1-2H3. The molecule has 2 rings (SSSR count). The van der Waals surface area contributed by atoms with E-state index in [0.717, 1.165) is 0 Å². The first-order chi connectivity index (χ1) is 12.5. The summed E-state index contributed by atoms with van der Waals surface area (Å²) in [5.74, 6) is -3.42. The predicted molar refractivity (Wildman–Crippen MR) is 96.2 cm³/mol. The van der Waals surface area contributed by atoms with Crippen LogP contribution in [0.15, 0.2) is 60.7 Å². The Labute approximate surface area is 151 Å². The maximum atomic E-state index is 12.5. The van der Waals surface area contributed by atoms with Crippen molar-refractivity contribution in [2.24, 2.45) is 5.92 Å². The van der Waals surface area contributed by atoms with E-state index in [0.29, 0.717) is 11.1 Å². The molecule has 0 aromatic heterocycles. The van der Waals surface area contributed by atoms with Gasteiger partial charge in [0.2, 0.25) is 6.04 Å². The van der Waals surface area contributed by atoms with Crippen LogP contribution in [0, 0.1) is 16.0 Å². The minimum Gasteiger partial charge on any atom is -0.465 e. The highest BCUT2D eigenvalue weighted by Gasteiger charge is 2.46. The Hall–Kier alpha value is -3.02. The molecule has 6 heteroatoms. The summed E-state index contributed by atoms with van der Waals surface area (Å²) < 4.78 is 5.05. The Morgan fingerprint density at radius 2 is 1.50 bits per heavy atom. The van der Waals surface area contributed by atoms with Crippen LogP contribution < -0.4 is 0 Å². The Morgan fingerprint density at radius 3 is 1.92 bits per heavy atom. The molecule has 0 aliphatic rings. The molecule has 2 aromatic carbocycles. The number of nitrogens with zero attached hydrogens (tertiary/aromatic N) is 1. The largest absolute Gasteiger partial charge is 0.465 e. The van der Waals surface area contributed by atoms with Gasteiger partial charge in [-0.05, 0) is 19.4 Å². The van der Waals surface area contributed by atoms with Crippen LogP contribution >= 0.6 is 0 Å². The number of Topliss-reactive ketones (excluding diaryl/α,β-unsaturated/α-hetero) is 1. The molecule has 0 aliphatic heterocycles. The molecule has 6 nitrogen and oxygen atoms in total. The van der Waals surface area contributed by atoms with Crippen LogP contribution in [-0.4, -0.2) is 23.3 Å². The number of carbonyl (C=O) groups is 2. The zero-order valence-electron chi connectivity index (χ0n) is 14.7. The van der Waals surface area contributed by atoms with Gasteiger partial charge < -0.3 is 4.74 Å². The molecule has 0 radical (unpaired) electrons. The molecular formula is C20H21NO5. The first kappa shape index (κ1) is 19.3. The molecule has 0 aliphatic carbocycles. The topological polar surface area (TPSA) is 86.5 Å². The molecule has 0 heterocycles. The number of esters is 1. The first-order valence-electron chi connectivity index (χ1n) is 8.37. The highest BCUT2D eigenvalue weighted by Crippen LogP contribution is 2.40. The maximum Gasteiger partial charge on any atom is 0.317 e. The van der Waals surface area contributed by atoms with Gasteiger partial charge in [-0.15, -0.1) is 0 Å². The van der Waals surface area contributed by atoms with Gasteiger partial charge in [0.05, 0.1) is 12.5 Å². The number of ketones is 1. The summed E-state index contributed by atoms with van der Waals surface area (Å²) in [6, 6.07) is 15.8. The van der Waals surface area contributed by atoms with Crippen LogP contribution in [-0.2, 0) is 14.3 Å². The molecule has 2 aromatic rings. The van der Waals surface area contributed by atoms with Crippen LogP contribution in [0.1, 0.15) is 36.9 Å². The molecule has 0 saturated heterocycles. The molecule has 3 atom stereocenters. The van der Waals surface area contributed by atoms with Gasteiger partial charge in [-0.3, -0.25) is 19.7 Å². The van der Waals surface area contributed by atoms with E-state index in [9.17, 15) is 19.7 Å². The zero-order valence-corrected chi connectivity index (χ0v) is 14.7. The van der Waals surface area contributed by atoms with Gasteiger partial charge >= 0.3 is 5.97 Å². The fourth-order valence-corrected chi connectivity index (χ4v) is 3.14. The molecular weight excluding hydrogens is 334 g/mol. The van der Waals surface area contributed by atoms with Crippen molar-refractivity contribution < 1.29 is 19.2 Å². The van der Waals surface area contributed by atoms with E-state index in [1.807, 2.05) is 0 Å². The zero-order chi connectivity index (χ0) is 19.1. The number of ether oxygens (including phenoxy) is 1. The molecule has 3 unspecified atom stereocenters. The average Bonchev–Trinajstić information content (AvgIpc) is 2.62. The highest BCUT2D eigenvalue weighted by molar-refractivity contribution is 5.99. The van der Waals surface area contributed by atoms with Gasteiger partial charge in [0.15, 0.2) is 0 Å². The van der Waals surface area contributed by atoms with Crippen molar-refractivity contribution in [2.45, 2.75) is 25.8 Å². The minimum atomic E-state index is -1.26. The monoisotopic (exact) mass is 355 g/mol. The Balaban J connectivity index is 2.64. The van der Waals surface area contributed by atoms with Crippen LogP contribution in [0.3, 0.4) is 0 Å². The fraction of sp³-hybridized carbons (Fsp3) is 0.300. The summed E-state index contributed by atoms with van der Waals surface area (Å²) in [6.45, 7) is 2.99. The molecule has 0 N–H and O–H groups in total. The summed E-state index contributed by atoms with van der Waals surface area (Å²) in [4.78, 5) is 36.3. The van der Waals surface area contributed by atoms with Gasteiger partial charge in [0, 0.05) is 10.5 Å². The van der Waals surface area contributed by atoms with E-state index in [-0.39, 0.29) is 6.61 Å². The lowest BCUT2D eigenvalue weighted by atomic mass is 9.76. The molecule has 0 fully saturated rings. The highest BCUT2D eigenvalue weighted by atomic mass is 16.6. The van der Waals surface area contributed by atoms with Gasteiger partial charge in [0.1, 0.15) is 11.7 Å². The van der Waals surface area contributed by atoms with Crippen LogP contribution in [0.2, 0.25) is 0 Å². The van der Waals surface area contributed by atoms with E-state index in [2.05, 4.69) is 0 Å². The van der Waals surface area contributed by atoms with Gasteiger partial charge in [-0.1, -0.05) is 60.7 Å². The van der Waals surface area contributed by atoms with Crippen molar-refractivity contribution in [3.05, 3.63) is 81.9 Å². The second-order valence-electron chi connectivity index (χ2n) is 5.92. The second kappa shape index (κ2) is 8.89. The second-order valence-corrected chi connectivity index (χ2v) is 5.92. The number of carbonyl (C=O) groups excluding carboxylic acids is 2. The van der Waals surface area contributed by atoms with Crippen molar-refractivity contribution in [2.75, 3.05) is 6.61 Å². The smallest absolute Gasteiger partial charge is 0.317 e. The quantitative estimate of drug-likeness (QED) is 0.313.